The predicted molar refractivity (Wildman–Crippen MR) is 120 cm³/mol. The average molecular weight is 449 g/mol. The number of hydrogen-bond donors (Lipinski definition) is 1. The van der Waals surface area contributed by atoms with Crippen LogP contribution in [0.25, 0.3) is 6.08 Å². The Morgan fingerprint density at radius 2 is 1.76 bits per heavy atom. The Morgan fingerprint density at radius 3 is 2.39 bits per heavy atom. The van der Waals surface area contributed by atoms with E-state index in [1.807, 2.05) is 30.3 Å². The summed E-state index contributed by atoms with van der Waals surface area (Å²) < 4.78 is 26.8. The molecule has 1 N–H and O–H groups in total. The molecule has 33 heavy (non-hydrogen) atoms. The van der Waals surface area contributed by atoms with Gasteiger partial charge in [-0.15, -0.1) is 0 Å². The lowest BCUT2D eigenvalue weighted by molar-refractivity contribution is -0.112. The van der Waals surface area contributed by atoms with Gasteiger partial charge >= 0.3 is 0 Å². The van der Waals surface area contributed by atoms with E-state index >= 15 is 0 Å². The number of methoxy groups -OCH3 is 2. The van der Waals surface area contributed by atoms with E-state index in [0.717, 1.165) is 5.75 Å². The fourth-order valence-corrected chi connectivity index (χ4v) is 2.80. The van der Waals surface area contributed by atoms with E-state index in [-0.39, 0.29) is 11.4 Å². The molecule has 0 aliphatic heterocycles. The number of ether oxygens (including phenoxy) is 4. The monoisotopic (exact) mass is 449 g/mol. The maximum absolute atomic E-state index is 12.3. The molecule has 1 amide bonds. The minimum Gasteiger partial charge on any atom is -0.497 e. The van der Waals surface area contributed by atoms with Crippen LogP contribution >= 0.6 is 0 Å². The number of carbonyl (C=O) groups excluding carboxylic acids is 1. The summed E-state index contributed by atoms with van der Waals surface area (Å²) in [6.07, 6.45) is 1.45. The number of rotatable bonds is 10. The zero-order valence-corrected chi connectivity index (χ0v) is 18.5. The molecule has 1 aromatic heterocycles. The van der Waals surface area contributed by atoms with Gasteiger partial charge in [0.15, 0.2) is 17.3 Å². The van der Waals surface area contributed by atoms with Crippen LogP contribution in [0.3, 0.4) is 0 Å². The first-order valence-corrected chi connectivity index (χ1v) is 9.96. The lowest BCUT2D eigenvalue weighted by Crippen LogP contribution is -2.13. The van der Waals surface area contributed by atoms with E-state index in [0.29, 0.717) is 41.8 Å². The molecule has 0 aliphatic carbocycles. The van der Waals surface area contributed by atoms with Crippen LogP contribution in [0.1, 0.15) is 11.3 Å². The summed E-state index contributed by atoms with van der Waals surface area (Å²) in [5.41, 5.74) is 0.496. The molecule has 0 radical (unpaired) electrons. The van der Waals surface area contributed by atoms with Gasteiger partial charge in [-0.3, -0.25) is 4.79 Å². The van der Waals surface area contributed by atoms with Gasteiger partial charge in [0.2, 0.25) is 0 Å². The molecule has 0 spiro atoms. The number of nitrogens with zero attached hydrogens (tertiary/aromatic N) is 2. The van der Waals surface area contributed by atoms with Crippen LogP contribution in [0.5, 0.6) is 23.0 Å². The van der Waals surface area contributed by atoms with E-state index < -0.39 is 5.91 Å². The highest BCUT2D eigenvalue weighted by atomic mass is 16.5. The van der Waals surface area contributed by atoms with Gasteiger partial charge in [-0.05, 0) is 55.0 Å². The highest BCUT2D eigenvalue weighted by Crippen LogP contribution is 2.29. The number of anilines is 1. The Balaban J connectivity index is 1.60. The fraction of sp³-hybridized carbons (Fsp3) is 0.208. The molecule has 0 aliphatic rings. The van der Waals surface area contributed by atoms with Gasteiger partial charge in [-0.2, -0.15) is 5.26 Å². The molecule has 0 bridgehead atoms. The molecule has 0 fully saturated rings. The Morgan fingerprint density at radius 1 is 1.03 bits per heavy atom. The number of carbonyl (C=O) groups is 1. The third-order valence-corrected chi connectivity index (χ3v) is 4.40. The minimum absolute atomic E-state index is 0.0979. The minimum atomic E-state index is -0.597. The summed E-state index contributed by atoms with van der Waals surface area (Å²) in [5, 5.41) is 15.6. The van der Waals surface area contributed by atoms with Crippen molar-refractivity contribution in [2.24, 2.45) is 0 Å². The van der Waals surface area contributed by atoms with Crippen molar-refractivity contribution in [1.82, 2.24) is 5.16 Å². The first-order valence-electron chi connectivity index (χ1n) is 9.96. The summed E-state index contributed by atoms with van der Waals surface area (Å²) >= 11 is 0. The number of nitriles is 1. The topological polar surface area (TPSA) is 116 Å². The summed E-state index contributed by atoms with van der Waals surface area (Å²) in [6.45, 7) is 2.32. The SMILES string of the molecule is COc1ccc(OCCOc2ccc(C=C(C#N)C(=O)Nc3cc(C)on3)cc2OC)cc1. The highest BCUT2D eigenvalue weighted by molar-refractivity contribution is 6.09. The predicted octanol–water partition coefficient (Wildman–Crippen LogP) is 4.00. The van der Waals surface area contributed by atoms with Crippen LogP contribution in [-0.2, 0) is 4.79 Å². The standard InChI is InChI=1S/C24H23N3O6/c1-16-12-23(27-33-16)26-24(28)18(15-25)13-17-4-9-21(22(14-17)30-3)32-11-10-31-20-7-5-19(29-2)6-8-20/h4-9,12-14H,10-11H2,1-3H3,(H,26,27,28). The van der Waals surface area contributed by atoms with E-state index in [2.05, 4.69) is 10.5 Å². The first kappa shape index (κ1) is 23.2. The van der Waals surface area contributed by atoms with Gasteiger partial charge < -0.3 is 28.8 Å². The molecule has 170 valence electrons. The van der Waals surface area contributed by atoms with Gasteiger partial charge in [0.25, 0.3) is 5.91 Å². The largest absolute Gasteiger partial charge is 0.497 e. The van der Waals surface area contributed by atoms with Crippen molar-refractivity contribution < 1.29 is 28.3 Å². The quantitative estimate of drug-likeness (QED) is 0.280. The second kappa shape index (κ2) is 11.2. The molecule has 9 nitrogen and oxygen atoms in total. The van der Waals surface area contributed by atoms with Gasteiger partial charge in [0.1, 0.15) is 42.1 Å². The van der Waals surface area contributed by atoms with E-state index in [1.165, 1.54) is 13.2 Å². The molecule has 0 atom stereocenters. The molecule has 0 saturated carbocycles. The molecule has 0 unspecified atom stereocenters. The summed E-state index contributed by atoms with van der Waals surface area (Å²) in [6, 6.07) is 15.8. The summed E-state index contributed by atoms with van der Waals surface area (Å²) in [5.74, 6) is 2.60. The maximum Gasteiger partial charge on any atom is 0.267 e. The van der Waals surface area contributed by atoms with Crippen LogP contribution in [-0.4, -0.2) is 38.5 Å². The fourth-order valence-electron chi connectivity index (χ4n) is 2.80. The Labute approximate surface area is 191 Å². The Bertz CT molecular complexity index is 1160. The maximum atomic E-state index is 12.3. The number of benzene rings is 2. The average Bonchev–Trinajstić information content (AvgIpc) is 3.25. The lowest BCUT2D eigenvalue weighted by atomic mass is 10.1. The van der Waals surface area contributed by atoms with Gasteiger partial charge in [-0.25, -0.2) is 0 Å². The van der Waals surface area contributed by atoms with Crippen LogP contribution in [0.15, 0.2) is 58.6 Å². The van der Waals surface area contributed by atoms with Crippen molar-refractivity contribution in [3.63, 3.8) is 0 Å². The number of aromatic nitrogens is 1. The first-order chi connectivity index (χ1) is 16.0. The normalized spacial score (nSPS) is 10.8. The number of aryl methyl sites for hydroxylation is 1. The van der Waals surface area contributed by atoms with Crippen molar-refractivity contribution in [2.75, 3.05) is 32.8 Å². The van der Waals surface area contributed by atoms with Crippen LogP contribution in [0, 0.1) is 18.3 Å². The number of amides is 1. The van der Waals surface area contributed by atoms with Gasteiger partial charge in [0, 0.05) is 6.07 Å². The number of nitrogens with one attached hydrogen (secondary N) is 1. The summed E-state index contributed by atoms with van der Waals surface area (Å²) in [7, 11) is 3.11. The Kier molecular flexibility index (Phi) is 7.91. The van der Waals surface area contributed by atoms with E-state index in [1.54, 1.807) is 38.3 Å². The zero-order chi connectivity index (χ0) is 23.6. The highest BCUT2D eigenvalue weighted by Gasteiger charge is 2.13. The second-order valence-corrected chi connectivity index (χ2v) is 6.73. The Hall–Kier alpha value is -4.45. The van der Waals surface area contributed by atoms with Crippen molar-refractivity contribution in [3.05, 3.63) is 65.4 Å². The molecule has 3 rings (SSSR count). The summed E-state index contributed by atoms with van der Waals surface area (Å²) in [4.78, 5) is 12.3. The smallest absolute Gasteiger partial charge is 0.267 e. The molecule has 2 aromatic carbocycles. The van der Waals surface area contributed by atoms with Crippen molar-refractivity contribution in [3.8, 4) is 29.1 Å². The number of hydrogen-bond acceptors (Lipinski definition) is 8. The van der Waals surface area contributed by atoms with Gasteiger partial charge in [0.05, 0.1) is 14.2 Å². The van der Waals surface area contributed by atoms with Gasteiger partial charge in [-0.1, -0.05) is 11.2 Å². The van der Waals surface area contributed by atoms with Crippen LogP contribution in [0.2, 0.25) is 0 Å². The molecule has 3 aromatic rings. The lowest BCUT2D eigenvalue weighted by Gasteiger charge is -2.12. The van der Waals surface area contributed by atoms with Crippen LogP contribution in [0.4, 0.5) is 5.82 Å². The molecular formula is C24H23N3O6. The molecular weight excluding hydrogens is 426 g/mol. The van der Waals surface area contributed by atoms with E-state index in [9.17, 15) is 10.1 Å². The second-order valence-electron chi connectivity index (χ2n) is 6.73. The molecule has 1 heterocycles. The molecule has 0 saturated heterocycles. The van der Waals surface area contributed by atoms with Crippen molar-refractivity contribution >= 4 is 17.8 Å². The van der Waals surface area contributed by atoms with E-state index in [4.69, 9.17) is 23.5 Å². The third-order valence-electron chi connectivity index (χ3n) is 4.40. The third kappa shape index (κ3) is 6.51. The zero-order valence-electron chi connectivity index (χ0n) is 18.5. The van der Waals surface area contributed by atoms with Crippen LogP contribution < -0.4 is 24.3 Å². The molecule has 9 heteroatoms. The van der Waals surface area contributed by atoms with Crippen molar-refractivity contribution in [1.29, 1.82) is 5.26 Å². The van der Waals surface area contributed by atoms with Crippen molar-refractivity contribution in [2.45, 2.75) is 6.92 Å².